The third kappa shape index (κ3) is 5.22. The first-order valence-corrected chi connectivity index (χ1v) is 11.1. The van der Waals surface area contributed by atoms with Crippen molar-refractivity contribution in [3.05, 3.63) is 75.9 Å². The number of nitrogens with zero attached hydrogens (tertiary/aromatic N) is 1. The van der Waals surface area contributed by atoms with Crippen LogP contribution in [0.15, 0.2) is 57.6 Å². The maximum absolute atomic E-state index is 13.0. The Morgan fingerprint density at radius 2 is 1.90 bits per heavy atom. The molecule has 0 saturated carbocycles. The Bertz CT molecular complexity index is 1030. The second kappa shape index (κ2) is 9.91. The fourth-order valence-electron chi connectivity index (χ4n) is 3.59. The first-order valence-electron chi connectivity index (χ1n) is 10.2. The molecule has 2 amide bonds. The number of hydrogen-bond acceptors (Lipinski definition) is 6. The number of anilines is 1. The van der Waals surface area contributed by atoms with Gasteiger partial charge < -0.3 is 19.8 Å². The minimum atomic E-state index is -0.247. The monoisotopic (exact) mass is 439 g/mol. The number of aryl methyl sites for hydroxylation is 1. The molecule has 4 rings (SSSR count). The Morgan fingerprint density at radius 1 is 1.10 bits per heavy atom. The molecule has 1 unspecified atom stereocenters. The molecule has 31 heavy (non-hydrogen) atoms. The highest BCUT2D eigenvalue weighted by Crippen LogP contribution is 2.24. The van der Waals surface area contributed by atoms with Gasteiger partial charge in [0.1, 0.15) is 11.5 Å². The van der Waals surface area contributed by atoms with Crippen molar-refractivity contribution >= 4 is 28.8 Å². The van der Waals surface area contributed by atoms with Crippen LogP contribution >= 0.6 is 11.3 Å². The maximum atomic E-state index is 13.0. The first kappa shape index (κ1) is 21.3. The molecule has 1 saturated heterocycles. The molecule has 0 bridgehead atoms. The van der Waals surface area contributed by atoms with E-state index in [1.165, 1.54) is 11.3 Å². The van der Waals surface area contributed by atoms with Crippen molar-refractivity contribution in [1.29, 1.82) is 0 Å². The number of thiophene rings is 1. The summed E-state index contributed by atoms with van der Waals surface area (Å²) < 4.78 is 11.3. The first-order chi connectivity index (χ1) is 15.1. The maximum Gasteiger partial charge on any atom is 0.256 e. The summed E-state index contributed by atoms with van der Waals surface area (Å²) in [7, 11) is 0. The Morgan fingerprint density at radius 3 is 2.61 bits per heavy atom. The van der Waals surface area contributed by atoms with E-state index in [-0.39, 0.29) is 17.9 Å². The lowest BCUT2D eigenvalue weighted by atomic mass is 10.1. The van der Waals surface area contributed by atoms with Crippen LogP contribution in [0.2, 0.25) is 0 Å². The standard InChI is InChI=1S/C23H25N3O4S/c1-16-6-7-21(30-16)20(26-9-11-29-12-10-26)14-24-23(28)18-4-2-3-5-19(18)25-22(27)17-8-13-31-15-17/h2-8,13,15,20H,9-12,14H2,1H3,(H,24,28)(H,25,27). The summed E-state index contributed by atoms with van der Waals surface area (Å²) in [6.45, 7) is 5.15. The van der Waals surface area contributed by atoms with Crippen molar-refractivity contribution < 1.29 is 18.7 Å². The van der Waals surface area contributed by atoms with Crippen LogP contribution in [0.4, 0.5) is 5.69 Å². The fraction of sp³-hybridized carbons (Fsp3) is 0.304. The summed E-state index contributed by atoms with van der Waals surface area (Å²) in [5.74, 6) is 1.17. The van der Waals surface area contributed by atoms with E-state index in [1.807, 2.05) is 24.4 Å². The smallest absolute Gasteiger partial charge is 0.256 e. The quantitative estimate of drug-likeness (QED) is 0.586. The van der Waals surface area contributed by atoms with Crippen LogP contribution < -0.4 is 10.6 Å². The molecule has 8 heteroatoms. The van der Waals surface area contributed by atoms with Gasteiger partial charge in [0.25, 0.3) is 11.8 Å². The van der Waals surface area contributed by atoms with Crippen molar-refractivity contribution in [3.63, 3.8) is 0 Å². The molecule has 0 radical (unpaired) electrons. The molecule has 1 aliphatic rings. The average molecular weight is 440 g/mol. The zero-order chi connectivity index (χ0) is 21.6. The van der Waals surface area contributed by atoms with Crippen LogP contribution in [-0.2, 0) is 4.74 Å². The lowest BCUT2D eigenvalue weighted by molar-refractivity contribution is 0.0117. The molecule has 162 valence electrons. The van der Waals surface area contributed by atoms with E-state index in [4.69, 9.17) is 9.15 Å². The molecule has 2 N–H and O–H groups in total. The van der Waals surface area contributed by atoms with E-state index in [9.17, 15) is 9.59 Å². The van der Waals surface area contributed by atoms with Crippen molar-refractivity contribution in [2.45, 2.75) is 13.0 Å². The van der Waals surface area contributed by atoms with Gasteiger partial charge in [-0.1, -0.05) is 12.1 Å². The number of carbonyl (C=O) groups is 2. The SMILES string of the molecule is Cc1ccc(C(CNC(=O)c2ccccc2NC(=O)c2ccsc2)N2CCOCC2)o1. The zero-order valence-corrected chi connectivity index (χ0v) is 18.1. The highest BCUT2D eigenvalue weighted by molar-refractivity contribution is 7.08. The number of furan rings is 1. The van der Waals surface area contributed by atoms with E-state index in [0.29, 0.717) is 36.6 Å². The summed E-state index contributed by atoms with van der Waals surface area (Å²) in [6.07, 6.45) is 0. The Hall–Kier alpha value is -2.94. The fourth-order valence-corrected chi connectivity index (χ4v) is 4.23. The number of ether oxygens (including phenoxy) is 1. The number of carbonyl (C=O) groups excluding carboxylic acids is 2. The van der Waals surface area contributed by atoms with Crippen molar-refractivity contribution in [2.24, 2.45) is 0 Å². The summed E-state index contributed by atoms with van der Waals surface area (Å²) in [6, 6.07) is 12.6. The highest BCUT2D eigenvalue weighted by Gasteiger charge is 2.26. The molecule has 3 aromatic rings. The van der Waals surface area contributed by atoms with Gasteiger partial charge >= 0.3 is 0 Å². The molecule has 0 aliphatic carbocycles. The number of para-hydroxylation sites is 1. The molecule has 7 nitrogen and oxygen atoms in total. The number of hydrogen-bond donors (Lipinski definition) is 2. The van der Waals surface area contributed by atoms with Crippen molar-refractivity contribution in [3.8, 4) is 0 Å². The molecule has 1 aliphatic heterocycles. The van der Waals surface area contributed by atoms with E-state index in [1.54, 1.807) is 35.7 Å². The third-order valence-corrected chi connectivity index (χ3v) is 5.92. The van der Waals surface area contributed by atoms with Gasteiger partial charge in [0, 0.05) is 25.0 Å². The zero-order valence-electron chi connectivity index (χ0n) is 17.3. The molecular weight excluding hydrogens is 414 g/mol. The number of rotatable bonds is 7. The van der Waals surface area contributed by atoms with Gasteiger partial charge in [0.2, 0.25) is 0 Å². The highest BCUT2D eigenvalue weighted by atomic mass is 32.1. The van der Waals surface area contributed by atoms with Gasteiger partial charge in [-0.25, -0.2) is 0 Å². The summed E-state index contributed by atoms with van der Waals surface area (Å²) in [4.78, 5) is 27.7. The van der Waals surface area contributed by atoms with Gasteiger partial charge in [-0.3, -0.25) is 14.5 Å². The van der Waals surface area contributed by atoms with Crippen molar-refractivity contribution in [1.82, 2.24) is 10.2 Å². The van der Waals surface area contributed by atoms with Gasteiger partial charge in [-0.15, -0.1) is 0 Å². The van der Waals surface area contributed by atoms with Crippen LogP contribution in [0.1, 0.15) is 38.3 Å². The summed E-state index contributed by atoms with van der Waals surface area (Å²) in [5, 5.41) is 9.48. The summed E-state index contributed by atoms with van der Waals surface area (Å²) in [5.41, 5.74) is 1.47. The largest absolute Gasteiger partial charge is 0.465 e. The van der Waals surface area contributed by atoms with Crippen LogP contribution in [0, 0.1) is 6.92 Å². The second-order valence-corrected chi connectivity index (χ2v) is 8.11. The molecule has 2 aromatic heterocycles. The van der Waals surface area contributed by atoms with E-state index >= 15 is 0 Å². The normalized spacial score (nSPS) is 15.4. The molecule has 1 aromatic carbocycles. The minimum absolute atomic E-state index is 0.0888. The molecule has 1 atom stereocenters. The minimum Gasteiger partial charge on any atom is -0.465 e. The van der Waals surface area contributed by atoms with E-state index < -0.39 is 0 Å². The van der Waals surface area contributed by atoms with Crippen LogP contribution in [0.5, 0.6) is 0 Å². The molecule has 0 spiro atoms. The predicted molar refractivity (Wildman–Crippen MR) is 120 cm³/mol. The lowest BCUT2D eigenvalue weighted by Crippen LogP contribution is -2.43. The Kier molecular flexibility index (Phi) is 6.81. The number of morpholine rings is 1. The van der Waals surface area contributed by atoms with Crippen LogP contribution in [-0.4, -0.2) is 49.6 Å². The van der Waals surface area contributed by atoms with Gasteiger partial charge in [0.05, 0.1) is 36.1 Å². The summed E-state index contributed by atoms with van der Waals surface area (Å²) >= 11 is 1.45. The van der Waals surface area contributed by atoms with Gasteiger partial charge in [-0.2, -0.15) is 11.3 Å². The average Bonchev–Trinajstić information content (AvgIpc) is 3.47. The number of benzene rings is 1. The lowest BCUT2D eigenvalue weighted by Gasteiger charge is -2.33. The van der Waals surface area contributed by atoms with E-state index in [0.717, 1.165) is 24.6 Å². The Balaban J connectivity index is 1.47. The predicted octanol–water partition coefficient (Wildman–Crippen LogP) is 3.71. The van der Waals surface area contributed by atoms with Crippen LogP contribution in [0.3, 0.4) is 0 Å². The topological polar surface area (TPSA) is 83.8 Å². The van der Waals surface area contributed by atoms with Crippen molar-refractivity contribution in [2.75, 3.05) is 38.2 Å². The molecule has 3 heterocycles. The number of nitrogens with one attached hydrogen (secondary N) is 2. The second-order valence-electron chi connectivity index (χ2n) is 7.33. The van der Waals surface area contributed by atoms with Crippen LogP contribution in [0.25, 0.3) is 0 Å². The molecule has 1 fully saturated rings. The Labute approximate surface area is 185 Å². The third-order valence-electron chi connectivity index (χ3n) is 5.24. The molecular formula is C23H25N3O4S. The number of amides is 2. The van der Waals surface area contributed by atoms with Gasteiger partial charge in [0.15, 0.2) is 0 Å². The van der Waals surface area contributed by atoms with Gasteiger partial charge in [-0.05, 0) is 42.6 Å². The van der Waals surface area contributed by atoms with E-state index in [2.05, 4.69) is 15.5 Å².